The number of hydrogen-bond donors (Lipinski definition) is 0. The number of aliphatic imine (C=N–C) groups is 1. The van der Waals surface area contributed by atoms with Gasteiger partial charge >= 0.3 is 0 Å². The van der Waals surface area contributed by atoms with Crippen molar-refractivity contribution in [2.24, 2.45) is 4.99 Å². The molecule has 2 heterocycles. The van der Waals surface area contributed by atoms with E-state index in [9.17, 15) is 10.1 Å². The summed E-state index contributed by atoms with van der Waals surface area (Å²) in [6, 6.07) is 23.6. The molecule has 0 saturated carbocycles. The summed E-state index contributed by atoms with van der Waals surface area (Å²) >= 11 is 0. The van der Waals surface area contributed by atoms with E-state index < -0.39 is 4.92 Å². The molecule has 0 bridgehead atoms. The first kappa shape index (κ1) is 16.9. The Morgan fingerprint density at radius 2 is 1.69 bits per heavy atom. The number of benzene rings is 3. The van der Waals surface area contributed by atoms with E-state index in [-0.39, 0.29) is 5.69 Å². The number of nitro groups is 1. The molecule has 0 N–H and O–H groups in total. The third-order valence-corrected chi connectivity index (χ3v) is 4.67. The number of hydrogen-bond acceptors (Lipinski definition) is 5. The van der Waals surface area contributed by atoms with E-state index in [1.165, 1.54) is 12.1 Å². The van der Waals surface area contributed by atoms with Crippen molar-refractivity contribution in [3.05, 3.63) is 94.7 Å². The summed E-state index contributed by atoms with van der Waals surface area (Å²) < 4.78 is 11.7. The van der Waals surface area contributed by atoms with Crippen molar-refractivity contribution < 1.29 is 13.8 Å². The predicted molar refractivity (Wildman–Crippen MR) is 112 cm³/mol. The highest BCUT2D eigenvalue weighted by Crippen LogP contribution is 2.31. The van der Waals surface area contributed by atoms with E-state index in [0.717, 1.165) is 27.6 Å². The first-order valence-electron chi connectivity index (χ1n) is 8.97. The van der Waals surface area contributed by atoms with Gasteiger partial charge in [-0.3, -0.25) is 15.1 Å². The highest BCUT2D eigenvalue weighted by atomic mass is 16.6. The zero-order chi connectivity index (χ0) is 19.8. The maximum Gasteiger partial charge on any atom is 0.270 e. The van der Waals surface area contributed by atoms with Crippen LogP contribution in [0.15, 0.2) is 92.7 Å². The van der Waals surface area contributed by atoms with Gasteiger partial charge in [-0.25, -0.2) is 0 Å². The number of non-ortho nitro benzene ring substituents is 1. The second kappa shape index (κ2) is 6.76. The van der Waals surface area contributed by atoms with Crippen LogP contribution in [0, 0.1) is 10.1 Å². The Bertz CT molecular complexity index is 1390. The van der Waals surface area contributed by atoms with Gasteiger partial charge in [0.2, 0.25) is 0 Å². The normalized spacial score (nSPS) is 11.6. The fourth-order valence-electron chi connectivity index (χ4n) is 3.28. The molecular formula is C23H14N2O4. The van der Waals surface area contributed by atoms with E-state index in [0.29, 0.717) is 17.1 Å². The SMILES string of the molecule is O=[N+]([O-])c1cccc(-c2ccc(C=Nc3ccc4c(c3)oc3ccccc34)o2)c1. The number of furan rings is 2. The molecule has 6 heteroatoms. The van der Waals surface area contributed by atoms with E-state index >= 15 is 0 Å². The predicted octanol–water partition coefficient (Wildman–Crippen LogP) is 6.50. The lowest BCUT2D eigenvalue weighted by Gasteiger charge is -1.97. The van der Waals surface area contributed by atoms with Gasteiger partial charge in [0.05, 0.1) is 16.8 Å². The van der Waals surface area contributed by atoms with Crippen LogP contribution < -0.4 is 0 Å². The van der Waals surface area contributed by atoms with Crippen molar-refractivity contribution in [1.29, 1.82) is 0 Å². The molecule has 140 valence electrons. The molecule has 0 unspecified atom stereocenters. The van der Waals surface area contributed by atoms with Gasteiger partial charge < -0.3 is 8.83 Å². The lowest BCUT2D eigenvalue weighted by molar-refractivity contribution is -0.384. The highest BCUT2D eigenvalue weighted by molar-refractivity contribution is 6.05. The molecule has 29 heavy (non-hydrogen) atoms. The average Bonchev–Trinajstić information content (AvgIpc) is 3.36. The standard InChI is InChI=1S/C23H14N2O4/c26-25(27)17-5-3-4-15(12-17)21-11-9-18(28-21)14-24-16-8-10-20-19-6-1-2-7-22(19)29-23(20)13-16/h1-14H. The van der Waals surface area contributed by atoms with Gasteiger partial charge in [-0.1, -0.05) is 30.3 Å². The molecule has 5 rings (SSSR count). The Labute approximate surface area is 164 Å². The van der Waals surface area contributed by atoms with E-state index in [2.05, 4.69) is 4.99 Å². The molecule has 0 radical (unpaired) electrons. The summed E-state index contributed by atoms with van der Waals surface area (Å²) in [5.41, 5.74) is 3.02. The van der Waals surface area contributed by atoms with Crippen molar-refractivity contribution in [2.45, 2.75) is 0 Å². The second-order valence-electron chi connectivity index (χ2n) is 6.55. The summed E-state index contributed by atoms with van der Waals surface area (Å²) in [6.07, 6.45) is 1.62. The molecule has 0 saturated heterocycles. The monoisotopic (exact) mass is 382 g/mol. The molecule has 0 aliphatic carbocycles. The number of fused-ring (bicyclic) bond motifs is 3. The highest BCUT2D eigenvalue weighted by Gasteiger charge is 2.10. The Morgan fingerprint density at radius 1 is 0.828 bits per heavy atom. The van der Waals surface area contributed by atoms with Crippen molar-refractivity contribution >= 4 is 39.5 Å². The Balaban J connectivity index is 1.42. The summed E-state index contributed by atoms with van der Waals surface area (Å²) in [4.78, 5) is 15.0. The van der Waals surface area contributed by atoms with Crippen LogP contribution in [0.5, 0.6) is 0 Å². The van der Waals surface area contributed by atoms with E-state index in [1.807, 2.05) is 42.5 Å². The molecule has 2 aromatic heterocycles. The Morgan fingerprint density at radius 3 is 2.59 bits per heavy atom. The van der Waals surface area contributed by atoms with Crippen LogP contribution in [0.2, 0.25) is 0 Å². The van der Waals surface area contributed by atoms with Crippen LogP contribution in [0.4, 0.5) is 11.4 Å². The first-order valence-corrected chi connectivity index (χ1v) is 8.97. The molecule has 6 nitrogen and oxygen atoms in total. The van der Waals surface area contributed by atoms with Gasteiger partial charge in [0.25, 0.3) is 5.69 Å². The third-order valence-electron chi connectivity index (χ3n) is 4.67. The molecule has 5 aromatic rings. The van der Waals surface area contributed by atoms with Gasteiger partial charge in [-0.05, 0) is 30.3 Å². The molecule has 0 aliphatic rings. The van der Waals surface area contributed by atoms with Gasteiger partial charge in [-0.15, -0.1) is 0 Å². The van der Waals surface area contributed by atoms with Gasteiger partial charge in [0.1, 0.15) is 22.7 Å². The summed E-state index contributed by atoms with van der Waals surface area (Å²) in [5.74, 6) is 1.10. The first-order chi connectivity index (χ1) is 14.2. The molecule has 3 aromatic carbocycles. The van der Waals surface area contributed by atoms with Gasteiger partial charge in [-0.2, -0.15) is 0 Å². The van der Waals surface area contributed by atoms with Crippen LogP contribution in [-0.2, 0) is 0 Å². The topological polar surface area (TPSA) is 81.8 Å². The number of rotatable bonds is 4. The molecular weight excluding hydrogens is 368 g/mol. The van der Waals surface area contributed by atoms with Crippen LogP contribution in [0.3, 0.4) is 0 Å². The van der Waals surface area contributed by atoms with Crippen molar-refractivity contribution in [1.82, 2.24) is 0 Å². The summed E-state index contributed by atoms with van der Waals surface area (Å²) in [6.45, 7) is 0. The lowest BCUT2D eigenvalue weighted by atomic mass is 10.1. The van der Waals surface area contributed by atoms with E-state index in [4.69, 9.17) is 8.83 Å². The second-order valence-corrected chi connectivity index (χ2v) is 6.55. The molecule has 0 atom stereocenters. The molecule has 0 fully saturated rings. The Kier molecular flexibility index (Phi) is 3.95. The van der Waals surface area contributed by atoms with E-state index in [1.54, 1.807) is 30.5 Å². The number of para-hydroxylation sites is 1. The van der Waals surface area contributed by atoms with Crippen LogP contribution in [-0.4, -0.2) is 11.1 Å². The minimum Gasteiger partial charge on any atom is -0.456 e. The quantitative estimate of drug-likeness (QED) is 0.202. The maximum atomic E-state index is 10.9. The molecule has 0 aliphatic heterocycles. The summed E-state index contributed by atoms with van der Waals surface area (Å²) in [7, 11) is 0. The molecule has 0 spiro atoms. The van der Waals surface area contributed by atoms with Crippen molar-refractivity contribution in [2.75, 3.05) is 0 Å². The lowest BCUT2D eigenvalue weighted by Crippen LogP contribution is -1.87. The number of nitrogens with zero attached hydrogens (tertiary/aromatic N) is 2. The van der Waals surface area contributed by atoms with Gasteiger partial charge in [0, 0.05) is 34.5 Å². The molecule has 0 amide bonds. The maximum absolute atomic E-state index is 10.9. The summed E-state index contributed by atoms with van der Waals surface area (Å²) in [5, 5.41) is 13.1. The zero-order valence-corrected chi connectivity index (χ0v) is 15.1. The zero-order valence-electron chi connectivity index (χ0n) is 15.1. The minimum atomic E-state index is -0.428. The van der Waals surface area contributed by atoms with Crippen LogP contribution >= 0.6 is 0 Å². The minimum absolute atomic E-state index is 0.0215. The van der Waals surface area contributed by atoms with Gasteiger partial charge in [0.15, 0.2) is 0 Å². The average molecular weight is 382 g/mol. The van der Waals surface area contributed by atoms with Crippen LogP contribution in [0.1, 0.15) is 5.76 Å². The fraction of sp³-hybridized carbons (Fsp3) is 0. The van der Waals surface area contributed by atoms with Crippen molar-refractivity contribution in [3.63, 3.8) is 0 Å². The van der Waals surface area contributed by atoms with Crippen molar-refractivity contribution in [3.8, 4) is 11.3 Å². The fourth-order valence-corrected chi connectivity index (χ4v) is 3.28. The number of nitro benzene ring substituents is 1. The smallest absolute Gasteiger partial charge is 0.270 e. The largest absolute Gasteiger partial charge is 0.456 e. The third kappa shape index (κ3) is 3.17. The van der Waals surface area contributed by atoms with Crippen LogP contribution in [0.25, 0.3) is 33.3 Å². The Hall–Kier alpha value is -4.19.